The van der Waals surface area contributed by atoms with E-state index in [4.69, 9.17) is 28.4 Å². The SMILES string of the molecule is CCCOc1cc(N=C(C#N)C#N)sc1C1=CC2=C(c3sc4c(sc5cc(-c6sc(N=C(C#N)C#N)cc6OCCC)sc54)c3C2(C(=O)OCc2ccccc2)C(=O)OCc2ccccc2)C1(C(=O)OCc1ccccc1)C(=O)OCc1ccccc1. The molecule has 0 saturated carbocycles. The van der Waals surface area contributed by atoms with Crippen LogP contribution in [0.1, 0.15) is 64.3 Å². The number of thiophene rings is 5. The molecule has 0 spiro atoms. The van der Waals surface area contributed by atoms with Crippen molar-refractivity contribution in [3.8, 4) is 45.5 Å². The molecule has 2 aliphatic carbocycles. The fourth-order valence-corrected chi connectivity index (χ4v) is 16.8. The lowest BCUT2D eigenvalue weighted by Gasteiger charge is -2.31. The fraction of sp³-hybridized carbons (Fsp3) is 0.182. The van der Waals surface area contributed by atoms with Gasteiger partial charge in [-0.1, -0.05) is 135 Å². The normalized spacial score (nSPS) is 13.2. The second-order valence-corrected chi connectivity index (χ2v) is 24.8. The summed E-state index contributed by atoms with van der Waals surface area (Å²) in [6.07, 6.45) is 2.66. The molecule has 0 amide bonds. The van der Waals surface area contributed by atoms with Crippen LogP contribution >= 0.6 is 56.7 Å². The van der Waals surface area contributed by atoms with Crippen LogP contribution in [0.15, 0.2) is 161 Å². The number of nitriles is 4. The molecular formula is C66H46N6O10S5. The van der Waals surface area contributed by atoms with Crippen molar-refractivity contribution >= 4 is 132 Å². The average Bonchev–Trinajstić information content (AvgIpc) is 1.49. The van der Waals surface area contributed by atoms with E-state index in [1.807, 2.05) is 44.2 Å². The van der Waals surface area contributed by atoms with Crippen LogP contribution in [0.2, 0.25) is 0 Å². The summed E-state index contributed by atoms with van der Waals surface area (Å²) in [5, 5.41) is 39.5. The minimum absolute atomic E-state index is 0.0910. The van der Waals surface area contributed by atoms with Crippen LogP contribution in [-0.4, -0.2) is 48.5 Å². The van der Waals surface area contributed by atoms with Crippen LogP contribution in [0.4, 0.5) is 10.0 Å². The van der Waals surface area contributed by atoms with E-state index in [2.05, 4.69) is 9.98 Å². The van der Waals surface area contributed by atoms with Crippen molar-refractivity contribution in [2.75, 3.05) is 13.2 Å². The summed E-state index contributed by atoms with van der Waals surface area (Å²) in [4.78, 5) is 75.8. The molecule has 9 aromatic rings. The number of esters is 4. The highest BCUT2D eigenvalue weighted by Gasteiger charge is 2.71. The summed E-state index contributed by atoms with van der Waals surface area (Å²) in [5.41, 5.74) is -3.96. The molecule has 0 saturated heterocycles. The average molecular weight is 1240 g/mol. The highest BCUT2D eigenvalue weighted by molar-refractivity contribution is 7.40. The van der Waals surface area contributed by atoms with E-state index >= 15 is 19.2 Å². The van der Waals surface area contributed by atoms with Crippen molar-refractivity contribution in [3.63, 3.8) is 0 Å². The fourth-order valence-electron chi connectivity index (χ4n) is 10.2. The van der Waals surface area contributed by atoms with E-state index in [0.717, 1.165) is 25.6 Å². The van der Waals surface area contributed by atoms with Gasteiger partial charge in [0.15, 0.2) is 0 Å². The zero-order valence-electron chi connectivity index (χ0n) is 46.3. The Hall–Kier alpha value is -9.84. The predicted octanol–water partition coefficient (Wildman–Crippen LogP) is 14.8. The first-order chi connectivity index (χ1) is 42.5. The number of ether oxygens (including phenoxy) is 6. The largest absolute Gasteiger partial charge is 0.492 e. The lowest BCUT2D eigenvalue weighted by atomic mass is 9.75. The third kappa shape index (κ3) is 11.1. The molecule has 21 heteroatoms. The van der Waals surface area contributed by atoms with Gasteiger partial charge in [0.2, 0.25) is 22.3 Å². The molecule has 0 fully saturated rings. The van der Waals surface area contributed by atoms with Gasteiger partial charge in [-0.05, 0) is 52.8 Å². The minimum Gasteiger partial charge on any atom is -0.492 e. The number of benzene rings is 4. The molecule has 5 heterocycles. The van der Waals surface area contributed by atoms with Gasteiger partial charge >= 0.3 is 23.9 Å². The maximum atomic E-state index is 16.4. The third-order valence-electron chi connectivity index (χ3n) is 14.0. The van der Waals surface area contributed by atoms with E-state index in [9.17, 15) is 21.0 Å². The van der Waals surface area contributed by atoms with Gasteiger partial charge in [0.1, 0.15) is 72.2 Å². The summed E-state index contributed by atoms with van der Waals surface area (Å²) >= 11 is 5.99. The maximum Gasteiger partial charge on any atom is 0.333 e. The summed E-state index contributed by atoms with van der Waals surface area (Å²) in [6, 6.07) is 47.9. The first kappa shape index (κ1) is 58.9. The number of aliphatic imine (C=N–C) groups is 2. The highest BCUT2D eigenvalue weighted by atomic mass is 32.1. The van der Waals surface area contributed by atoms with Crippen molar-refractivity contribution in [3.05, 3.63) is 189 Å². The molecule has 11 rings (SSSR count). The van der Waals surface area contributed by atoms with Gasteiger partial charge in [-0.15, -0.1) is 56.7 Å². The standard InChI is InChI=1S/C66H46N6O10S5/c1-3-25-77-47-28-51(71-43(31-67)32-68)85-55(47)46-27-45-53(66(46,63(75)81-37-41-21-13-7-14-22-41)64(76)82-38-42-23-15-8-16-24-42)58-54(65(45,61(73)79-35-39-17-9-5-10-18-39)62(74)80-36-40-19-11-6-12-20-40)59-60(87-58)57-50(84-59)30-49(83-57)56-48(78-26-4-2)29-52(86-56)72-44(33-69)34-70/h5-24,27-30H,3-4,25-26,35-38H2,1-2H3. The number of fused-ring (bicyclic) bond motifs is 6. The number of hydrogen-bond donors (Lipinski definition) is 0. The van der Waals surface area contributed by atoms with Gasteiger partial charge in [-0.3, -0.25) is 19.2 Å². The van der Waals surface area contributed by atoms with Crippen LogP contribution in [0.25, 0.3) is 39.7 Å². The van der Waals surface area contributed by atoms with E-state index in [1.54, 1.807) is 127 Å². The van der Waals surface area contributed by atoms with Crippen molar-refractivity contribution < 1.29 is 47.6 Å². The van der Waals surface area contributed by atoms with Gasteiger partial charge in [-0.25, -0.2) is 9.98 Å². The zero-order valence-corrected chi connectivity index (χ0v) is 50.4. The molecule has 5 aromatic heterocycles. The number of carbonyl (C=O) groups is 4. The second kappa shape index (κ2) is 25.8. The molecule has 0 atom stereocenters. The number of rotatable bonds is 22. The monoisotopic (exact) mass is 1240 g/mol. The Balaban J connectivity index is 1.22. The van der Waals surface area contributed by atoms with Gasteiger partial charge in [0, 0.05) is 38.4 Å². The smallest absolute Gasteiger partial charge is 0.333 e. The Bertz CT molecular complexity index is 4330. The molecule has 0 N–H and O–H groups in total. The maximum absolute atomic E-state index is 16.4. The third-order valence-corrected chi connectivity index (χ3v) is 20.2. The molecule has 0 aliphatic heterocycles. The first-order valence-electron chi connectivity index (χ1n) is 27.1. The van der Waals surface area contributed by atoms with Crippen molar-refractivity contribution in [1.82, 2.24) is 0 Å². The van der Waals surface area contributed by atoms with E-state index in [-0.39, 0.29) is 81.5 Å². The zero-order chi connectivity index (χ0) is 60.7. The Morgan fingerprint density at radius 2 is 0.885 bits per heavy atom. The molecule has 430 valence electrons. The Morgan fingerprint density at radius 3 is 1.31 bits per heavy atom. The van der Waals surface area contributed by atoms with Crippen LogP contribution in [0, 0.1) is 50.7 Å². The van der Waals surface area contributed by atoms with Gasteiger partial charge in [-0.2, -0.15) is 21.0 Å². The summed E-state index contributed by atoms with van der Waals surface area (Å²) < 4.78 is 40.8. The molecule has 16 nitrogen and oxygen atoms in total. The Morgan fingerprint density at radius 1 is 0.471 bits per heavy atom. The molecule has 4 aromatic carbocycles. The number of allylic oxidation sites excluding steroid dienone is 1. The summed E-state index contributed by atoms with van der Waals surface area (Å²) in [6.45, 7) is 3.06. The lowest BCUT2D eigenvalue weighted by molar-refractivity contribution is -0.166. The van der Waals surface area contributed by atoms with Crippen LogP contribution in [0.3, 0.4) is 0 Å². The topological polar surface area (TPSA) is 244 Å². The minimum atomic E-state index is -2.70. The van der Waals surface area contributed by atoms with Crippen molar-refractivity contribution in [1.29, 1.82) is 21.0 Å². The molecular weight excluding hydrogens is 1200 g/mol. The number of carbonyl (C=O) groups excluding carboxylic acids is 4. The molecule has 0 bridgehead atoms. The van der Waals surface area contributed by atoms with E-state index in [0.29, 0.717) is 66.7 Å². The van der Waals surface area contributed by atoms with Gasteiger partial charge < -0.3 is 28.4 Å². The predicted molar refractivity (Wildman–Crippen MR) is 335 cm³/mol. The highest BCUT2D eigenvalue weighted by Crippen LogP contribution is 2.69. The lowest BCUT2D eigenvalue weighted by Crippen LogP contribution is -2.46. The second-order valence-electron chi connectivity index (χ2n) is 19.6. The van der Waals surface area contributed by atoms with Gasteiger partial charge in [0.25, 0.3) is 0 Å². The summed E-state index contributed by atoms with van der Waals surface area (Å²) in [5.74, 6) is -3.80. The van der Waals surface area contributed by atoms with E-state index < -0.39 is 40.4 Å². The number of nitrogens with zero attached hydrogens (tertiary/aromatic N) is 6. The molecule has 2 aliphatic rings. The van der Waals surface area contributed by atoms with Crippen molar-refractivity contribution in [2.45, 2.75) is 58.5 Å². The van der Waals surface area contributed by atoms with E-state index in [1.165, 1.54) is 57.5 Å². The van der Waals surface area contributed by atoms with Crippen LogP contribution in [-0.2, 0) is 70.0 Å². The van der Waals surface area contributed by atoms with Crippen LogP contribution in [0.5, 0.6) is 11.5 Å². The Labute approximate surface area is 518 Å². The molecule has 0 radical (unpaired) electrons. The van der Waals surface area contributed by atoms with Crippen molar-refractivity contribution in [2.24, 2.45) is 15.4 Å². The Kier molecular flexibility index (Phi) is 17.5. The summed E-state index contributed by atoms with van der Waals surface area (Å²) in [7, 11) is 0. The quantitative estimate of drug-likeness (QED) is 0.0265. The molecule has 0 unspecified atom stereocenters. The van der Waals surface area contributed by atoms with Gasteiger partial charge in [0.05, 0.1) is 41.9 Å². The van der Waals surface area contributed by atoms with Crippen LogP contribution < -0.4 is 9.47 Å². The first-order valence-corrected chi connectivity index (χ1v) is 31.2. The molecule has 87 heavy (non-hydrogen) atoms. The number of hydrogen-bond acceptors (Lipinski definition) is 21.